The molecule has 2 N–H and O–H groups in total. The predicted molar refractivity (Wildman–Crippen MR) is 108 cm³/mol. The Hall–Kier alpha value is -2.47. The quantitative estimate of drug-likeness (QED) is 0.506. The lowest BCUT2D eigenvalue weighted by Gasteiger charge is -2.06. The highest BCUT2D eigenvalue weighted by atomic mass is 79.9. The van der Waals surface area contributed by atoms with Crippen molar-refractivity contribution >= 4 is 39.1 Å². The fourth-order valence-corrected chi connectivity index (χ4v) is 2.48. The highest BCUT2D eigenvalue weighted by Crippen LogP contribution is 2.12. The first kappa shape index (κ1) is 19.8. The summed E-state index contributed by atoms with van der Waals surface area (Å²) in [4.78, 5) is 23.9. The summed E-state index contributed by atoms with van der Waals surface area (Å²) in [5, 5.41) is 6.95. The molecule has 0 atom stereocenters. The van der Waals surface area contributed by atoms with Crippen molar-refractivity contribution in [1.29, 1.82) is 0 Å². The number of unbranched alkanes of at least 4 members (excludes halogenated alkanes) is 1. The van der Waals surface area contributed by atoms with Crippen LogP contribution in [0.25, 0.3) is 0 Å². The zero-order chi connectivity index (χ0) is 18.9. The van der Waals surface area contributed by atoms with E-state index in [-0.39, 0.29) is 11.8 Å². The van der Waals surface area contributed by atoms with E-state index in [1.807, 2.05) is 38.1 Å². The number of nitrogens with zero attached hydrogens (tertiary/aromatic N) is 1. The number of nitrogens with one attached hydrogen (secondary N) is 2. The van der Waals surface area contributed by atoms with Crippen molar-refractivity contribution in [2.45, 2.75) is 33.1 Å². The number of amides is 2. The topological polar surface area (TPSA) is 70.6 Å². The molecular weight excluding hydrogens is 394 g/mol. The van der Waals surface area contributed by atoms with Gasteiger partial charge >= 0.3 is 0 Å². The molecule has 0 aliphatic carbocycles. The van der Waals surface area contributed by atoms with Crippen LogP contribution in [0.3, 0.4) is 0 Å². The second-order valence-corrected chi connectivity index (χ2v) is 6.79. The third-order valence-corrected chi connectivity index (χ3v) is 4.30. The normalized spacial score (nSPS) is 11.1. The number of halogens is 1. The third kappa shape index (κ3) is 6.11. The number of benzene rings is 2. The summed E-state index contributed by atoms with van der Waals surface area (Å²) in [6, 6.07) is 14.4. The molecule has 6 heteroatoms. The maximum absolute atomic E-state index is 12.2. The van der Waals surface area contributed by atoms with Crippen LogP contribution in [0.1, 0.15) is 49.0 Å². The second-order valence-electron chi connectivity index (χ2n) is 5.87. The van der Waals surface area contributed by atoms with Gasteiger partial charge in [0, 0.05) is 22.1 Å². The van der Waals surface area contributed by atoms with Crippen molar-refractivity contribution < 1.29 is 9.59 Å². The molecule has 2 aromatic carbocycles. The molecule has 0 spiro atoms. The van der Waals surface area contributed by atoms with Gasteiger partial charge in [-0.1, -0.05) is 41.4 Å². The van der Waals surface area contributed by atoms with Crippen LogP contribution in [0.5, 0.6) is 0 Å². The number of anilines is 1. The Bertz CT molecular complexity index is 784. The molecule has 26 heavy (non-hydrogen) atoms. The van der Waals surface area contributed by atoms with Crippen LogP contribution in [0.2, 0.25) is 0 Å². The zero-order valence-corrected chi connectivity index (χ0v) is 16.5. The van der Waals surface area contributed by atoms with E-state index in [0.29, 0.717) is 23.4 Å². The van der Waals surface area contributed by atoms with Gasteiger partial charge in [0.25, 0.3) is 5.91 Å². The minimum Gasteiger partial charge on any atom is -0.326 e. The number of rotatable bonds is 7. The summed E-state index contributed by atoms with van der Waals surface area (Å²) in [6.07, 6.45) is 2.34. The van der Waals surface area contributed by atoms with Crippen LogP contribution in [0.4, 0.5) is 5.69 Å². The van der Waals surface area contributed by atoms with Crippen molar-refractivity contribution in [2.75, 3.05) is 5.32 Å². The molecule has 2 rings (SSSR count). The Morgan fingerprint density at radius 1 is 1.00 bits per heavy atom. The molecule has 2 aromatic rings. The van der Waals surface area contributed by atoms with Crippen molar-refractivity contribution in [2.24, 2.45) is 5.10 Å². The van der Waals surface area contributed by atoms with E-state index in [1.54, 1.807) is 24.3 Å². The molecule has 0 fully saturated rings. The van der Waals surface area contributed by atoms with E-state index in [1.165, 1.54) is 0 Å². The van der Waals surface area contributed by atoms with Crippen molar-refractivity contribution in [1.82, 2.24) is 5.43 Å². The first-order valence-corrected chi connectivity index (χ1v) is 9.29. The summed E-state index contributed by atoms with van der Waals surface area (Å²) in [7, 11) is 0. The van der Waals surface area contributed by atoms with E-state index < -0.39 is 0 Å². The van der Waals surface area contributed by atoms with Crippen LogP contribution in [0.15, 0.2) is 58.1 Å². The number of hydrogen-bond acceptors (Lipinski definition) is 3. The fourth-order valence-electron chi connectivity index (χ4n) is 2.22. The Balaban J connectivity index is 1.94. The molecule has 0 aromatic heterocycles. The lowest BCUT2D eigenvalue weighted by Crippen LogP contribution is -2.19. The first-order chi connectivity index (χ1) is 12.5. The monoisotopic (exact) mass is 415 g/mol. The predicted octanol–water partition coefficient (Wildman–Crippen LogP) is 4.73. The molecule has 5 nitrogen and oxygen atoms in total. The maximum Gasteiger partial charge on any atom is 0.271 e. The standard InChI is InChI=1S/C20H22BrN3O2/c1-3-4-5-19(25)22-18-12-8-16(9-13-18)20(26)24-23-14(2)15-6-10-17(21)11-7-15/h6-13H,3-5H2,1-2H3,(H,22,25)(H,24,26)/b23-14+. The molecule has 0 saturated heterocycles. The van der Waals surface area contributed by atoms with Crippen LogP contribution >= 0.6 is 15.9 Å². The SMILES string of the molecule is CCCCC(=O)Nc1ccc(C(=O)N/N=C(\C)c2ccc(Br)cc2)cc1. The van der Waals surface area contributed by atoms with Gasteiger partial charge in [0.05, 0.1) is 5.71 Å². The van der Waals surface area contributed by atoms with Gasteiger partial charge < -0.3 is 5.32 Å². The van der Waals surface area contributed by atoms with Crippen LogP contribution < -0.4 is 10.7 Å². The molecule has 0 saturated carbocycles. The lowest BCUT2D eigenvalue weighted by atomic mass is 10.1. The van der Waals surface area contributed by atoms with Gasteiger partial charge in [-0.05, 0) is 55.3 Å². The lowest BCUT2D eigenvalue weighted by molar-refractivity contribution is -0.116. The molecule has 0 aliphatic rings. The van der Waals surface area contributed by atoms with Gasteiger partial charge in [0.1, 0.15) is 0 Å². The highest BCUT2D eigenvalue weighted by molar-refractivity contribution is 9.10. The minimum absolute atomic E-state index is 0.0150. The van der Waals surface area contributed by atoms with Crippen LogP contribution in [0, 0.1) is 0 Å². The van der Waals surface area contributed by atoms with E-state index >= 15 is 0 Å². The van der Waals surface area contributed by atoms with E-state index in [2.05, 4.69) is 31.8 Å². The minimum atomic E-state index is -0.301. The molecule has 2 amide bonds. The van der Waals surface area contributed by atoms with Gasteiger partial charge in [0.15, 0.2) is 0 Å². The zero-order valence-electron chi connectivity index (χ0n) is 14.9. The third-order valence-electron chi connectivity index (χ3n) is 3.78. The maximum atomic E-state index is 12.2. The number of hydrogen-bond donors (Lipinski definition) is 2. The average Bonchev–Trinajstić information content (AvgIpc) is 2.65. The van der Waals surface area contributed by atoms with E-state index in [0.717, 1.165) is 22.9 Å². The van der Waals surface area contributed by atoms with Crippen molar-refractivity contribution in [3.05, 3.63) is 64.1 Å². The first-order valence-electron chi connectivity index (χ1n) is 8.50. The highest BCUT2D eigenvalue weighted by Gasteiger charge is 2.07. The van der Waals surface area contributed by atoms with Gasteiger partial charge in [0.2, 0.25) is 5.91 Å². The fraction of sp³-hybridized carbons (Fsp3) is 0.250. The van der Waals surface area contributed by atoms with Crippen molar-refractivity contribution in [3.63, 3.8) is 0 Å². The summed E-state index contributed by atoms with van der Waals surface area (Å²) in [5.41, 5.74) is 5.35. The van der Waals surface area contributed by atoms with E-state index in [4.69, 9.17) is 0 Å². The summed E-state index contributed by atoms with van der Waals surface area (Å²) in [5.74, 6) is -0.316. The molecule has 0 unspecified atom stereocenters. The molecule has 0 bridgehead atoms. The van der Waals surface area contributed by atoms with Gasteiger partial charge in [-0.3, -0.25) is 9.59 Å². The second kappa shape index (κ2) is 9.87. The average molecular weight is 416 g/mol. The molecule has 0 radical (unpaired) electrons. The summed E-state index contributed by atoms with van der Waals surface area (Å²) >= 11 is 3.38. The van der Waals surface area contributed by atoms with Crippen LogP contribution in [-0.2, 0) is 4.79 Å². The van der Waals surface area contributed by atoms with Gasteiger partial charge in [-0.15, -0.1) is 0 Å². The number of carbonyl (C=O) groups excluding carboxylic acids is 2. The number of carbonyl (C=O) groups is 2. The largest absolute Gasteiger partial charge is 0.326 e. The molecular formula is C20H22BrN3O2. The van der Waals surface area contributed by atoms with Crippen LogP contribution in [-0.4, -0.2) is 17.5 Å². The van der Waals surface area contributed by atoms with Gasteiger partial charge in [-0.2, -0.15) is 5.10 Å². The Labute approximate surface area is 162 Å². The number of hydrazone groups is 1. The van der Waals surface area contributed by atoms with Gasteiger partial charge in [-0.25, -0.2) is 5.43 Å². The summed E-state index contributed by atoms with van der Waals surface area (Å²) < 4.78 is 0.986. The Morgan fingerprint density at radius 3 is 2.23 bits per heavy atom. The summed E-state index contributed by atoms with van der Waals surface area (Å²) in [6.45, 7) is 3.88. The Morgan fingerprint density at radius 2 is 1.62 bits per heavy atom. The smallest absolute Gasteiger partial charge is 0.271 e. The molecule has 136 valence electrons. The molecule has 0 aliphatic heterocycles. The van der Waals surface area contributed by atoms with E-state index in [9.17, 15) is 9.59 Å². The molecule has 0 heterocycles. The Kier molecular flexibility index (Phi) is 7.53. The van der Waals surface area contributed by atoms with Crippen molar-refractivity contribution in [3.8, 4) is 0 Å².